The Morgan fingerprint density at radius 1 is 0.857 bits per heavy atom. The highest BCUT2D eigenvalue weighted by atomic mass is 79.9. The third-order valence-corrected chi connectivity index (χ3v) is 5.44. The van der Waals surface area contributed by atoms with Crippen LogP contribution in [0.15, 0.2) is 42.5 Å². The van der Waals surface area contributed by atoms with E-state index in [4.69, 9.17) is 14.2 Å². The lowest BCUT2D eigenvalue weighted by Crippen LogP contribution is -2.14. The smallest absolute Gasteiger partial charge is 0.170 e. The molecule has 0 aliphatic rings. The van der Waals surface area contributed by atoms with Crippen molar-refractivity contribution in [2.24, 2.45) is 0 Å². The van der Waals surface area contributed by atoms with Crippen molar-refractivity contribution < 1.29 is 19.0 Å². The van der Waals surface area contributed by atoms with Crippen molar-refractivity contribution in [3.8, 4) is 17.2 Å². The summed E-state index contributed by atoms with van der Waals surface area (Å²) in [5.74, 6) is 2.00. The van der Waals surface area contributed by atoms with E-state index in [-0.39, 0.29) is 11.7 Å². The van der Waals surface area contributed by atoms with Crippen LogP contribution in [0.25, 0.3) is 0 Å². The van der Waals surface area contributed by atoms with Gasteiger partial charge in [0, 0.05) is 16.5 Å². The predicted octanol–water partition coefficient (Wildman–Crippen LogP) is 6.02. The lowest BCUT2D eigenvalue weighted by molar-refractivity contribution is 0.0952. The van der Waals surface area contributed by atoms with Crippen LogP contribution in [0.2, 0.25) is 0 Å². The molecule has 0 N–H and O–H groups in total. The molecule has 0 spiro atoms. The maximum atomic E-state index is 13.4. The van der Waals surface area contributed by atoms with Crippen LogP contribution in [0.4, 0.5) is 0 Å². The summed E-state index contributed by atoms with van der Waals surface area (Å²) >= 11 is 3.47. The van der Waals surface area contributed by atoms with Gasteiger partial charge in [-0.15, -0.1) is 0 Å². The number of carbonyl (C=O) groups excluding carboxylic acids is 1. The first kappa shape index (κ1) is 22.3. The second kappa shape index (κ2) is 11.7. The van der Waals surface area contributed by atoms with Crippen molar-refractivity contribution >= 4 is 21.7 Å². The van der Waals surface area contributed by atoms with Crippen LogP contribution in [0.1, 0.15) is 53.9 Å². The third kappa shape index (κ3) is 5.99. The van der Waals surface area contributed by atoms with Crippen molar-refractivity contribution in [1.29, 1.82) is 0 Å². The van der Waals surface area contributed by atoms with Gasteiger partial charge in [-0.1, -0.05) is 35.2 Å². The van der Waals surface area contributed by atoms with Gasteiger partial charge >= 0.3 is 0 Å². The zero-order chi connectivity index (χ0) is 20.4. The Labute approximate surface area is 176 Å². The Bertz CT molecular complexity index is 743. The number of hydrogen-bond acceptors (Lipinski definition) is 4. The molecule has 2 aromatic rings. The summed E-state index contributed by atoms with van der Waals surface area (Å²) < 4.78 is 16.2. The summed E-state index contributed by atoms with van der Waals surface area (Å²) in [6.07, 6.45) is 5.17. The molecule has 0 saturated heterocycles. The molecule has 28 heavy (non-hydrogen) atoms. The summed E-state index contributed by atoms with van der Waals surface area (Å²) in [4.78, 5) is 13.4. The number of carbonyl (C=O) groups is 1. The number of halogens is 1. The van der Waals surface area contributed by atoms with E-state index < -0.39 is 0 Å². The molecule has 0 radical (unpaired) electrons. The van der Waals surface area contributed by atoms with E-state index >= 15 is 0 Å². The Morgan fingerprint density at radius 3 is 2.11 bits per heavy atom. The standard InChI is InChI=1S/C23H29BrO4/c1-26-18-11-9-17(10-12-18)23(25)20(8-6-4-5-7-15-24)21-16-19(27-2)13-14-22(21)28-3/h9-14,16,20H,4-8,15H2,1-3H3. The maximum Gasteiger partial charge on any atom is 0.170 e. The Hall–Kier alpha value is -2.01. The molecule has 0 saturated carbocycles. The fourth-order valence-corrected chi connectivity index (χ4v) is 3.69. The largest absolute Gasteiger partial charge is 0.497 e. The highest BCUT2D eigenvalue weighted by molar-refractivity contribution is 9.09. The van der Waals surface area contributed by atoms with Gasteiger partial charge in [0.05, 0.1) is 27.2 Å². The summed E-state index contributed by atoms with van der Waals surface area (Å²) in [6, 6.07) is 12.9. The first-order valence-electron chi connectivity index (χ1n) is 9.60. The molecular formula is C23H29BrO4. The molecule has 0 aliphatic heterocycles. The van der Waals surface area contributed by atoms with Crippen LogP contribution in [0.5, 0.6) is 17.2 Å². The lowest BCUT2D eigenvalue weighted by Gasteiger charge is -2.20. The van der Waals surface area contributed by atoms with Crippen LogP contribution >= 0.6 is 15.9 Å². The van der Waals surface area contributed by atoms with Gasteiger partial charge in [0.1, 0.15) is 17.2 Å². The molecule has 0 bridgehead atoms. The molecule has 1 atom stereocenters. The molecule has 0 aromatic heterocycles. The highest BCUT2D eigenvalue weighted by Gasteiger charge is 2.25. The van der Waals surface area contributed by atoms with Crippen molar-refractivity contribution in [1.82, 2.24) is 0 Å². The zero-order valence-electron chi connectivity index (χ0n) is 16.9. The van der Waals surface area contributed by atoms with Gasteiger partial charge in [-0.2, -0.15) is 0 Å². The number of benzene rings is 2. The van der Waals surface area contributed by atoms with Gasteiger partial charge in [-0.3, -0.25) is 4.79 Å². The lowest BCUT2D eigenvalue weighted by atomic mass is 9.85. The average molecular weight is 449 g/mol. The van der Waals surface area contributed by atoms with Gasteiger partial charge in [-0.05, 0) is 55.3 Å². The summed E-state index contributed by atoms with van der Waals surface area (Å²) in [5.41, 5.74) is 1.55. The number of methoxy groups -OCH3 is 3. The second-order valence-corrected chi connectivity index (χ2v) is 7.44. The Balaban J connectivity index is 2.31. The van der Waals surface area contributed by atoms with E-state index in [9.17, 15) is 4.79 Å². The normalized spacial score (nSPS) is 11.7. The van der Waals surface area contributed by atoms with Gasteiger partial charge in [0.15, 0.2) is 5.78 Å². The van der Waals surface area contributed by atoms with Crippen LogP contribution in [-0.4, -0.2) is 32.4 Å². The number of Topliss-reactive ketones (excluding diaryl/α,β-unsaturated/α-hetero) is 1. The monoisotopic (exact) mass is 448 g/mol. The molecule has 0 heterocycles. The fourth-order valence-electron chi connectivity index (χ4n) is 3.29. The predicted molar refractivity (Wildman–Crippen MR) is 116 cm³/mol. The summed E-state index contributed by atoms with van der Waals surface area (Å²) in [6.45, 7) is 0. The van der Waals surface area contributed by atoms with Gasteiger partial charge < -0.3 is 14.2 Å². The first-order chi connectivity index (χ1) is 13.6. The minimum absolute atomic E-state index is 0.0923. The molecule has 1 unspecified atom stereocenters. The Kier molecular flexibility index (Phi) is 9.35. The van der Waals surface area contributed by atoms with E-state index in [1.54, 1.807) is 21.3 Å². The average Bonchev–Trinajstić information content (AvgIpc) is 2.75. The number of rotatable bonds is 12. The molecular weight excluding hydrogens is 420 g/mol. The molecule has 2 aromatic carbocycles. The maximum absolute atomic E-state index is 13.4. The molecule has 4 nitrogen and oxygen atoms in total. The number of unbranched alkanes of at least 4 members (excludes halogenated alkanes) is 3. The van der Waals surface area contributed by atoms with E-state index in [0.717, 1.165) is 54.5 Å². The van der Waals surface area contributed by atoms with Crippen molar-refractivity contribution in [2.75, 3.05) is 26.7 Å². The van der Waals surface area contributed by atoms with Gasteiger partial charge in [0.25, 0.3) is 0 Å². The van der Waals surface area contributed by atoms with Gasteiger partial charge in [-0.25, -0.2) is 0 Å². The van der Waals surface area contributed by atoms with E-state index in [0.29, 0.717) is 11.3 Å². The second-order valence-electron chi connectivity index (χ2n) is 6.65. The Morgan fingerprint density at radius 2 is 1.50 bits per heavy atom. The van der Waals surface area contributed by atoms with Crippen molar-refractivity contribution in [2.45, 2.75) is 38.0 Å². The minimum Gasteiger partial charge on any atom is -0.497 e. The SMILES string of the molecule is COc1ccc(C(=O)C(CCCCCCBr)c2cc(OC)ccc2OC)cc1. The van der Waals surface area contributed by atoms with Crippen LogP contribution in [-0.2, 0) is 0 Å². The highest BCUT2D eigenvalue weighted by Crippen LogP contribution is 2.36. The topological polar surface area (TPSA) is 44.8 Å². The number of hydrogen-bond donors (Lipinski definition) is 0. The summed E-state index contributed by atoms with van der Waals surface area (Å²) in [7, 11) is 4.88. The van der Waals surface area contributed by atoms with E-state index in [2.05, 4.69) is 15.9 Å². The number of alkyl halides is 1. The van der Waals surface area contributed by atoms with Crippen LogP contribution < -0.4 is 14.2 Å². The molecule has 0 amide bonds. The molecule has 0 fully saturated rings. The fraction of sp³-hybridized carbons (Fsp3) is 0.435. The number of ketones is 1. The quantitative estimate of drug-likeness (QED) is 0.226. The zero-order valence-corrected chi connectivity index (χ0v) is 18.5. The number of ether oxygens (including phenoxy) is 3. The molecule has 2 rings (SSSR count). The summed E-state index contributed by atoms with van der Waals surface area (Å²) in [5, 5.41) is 1.02. The van der Waals surface area contributed by atoms with E-state index in [1.807, 2.05) is 42.5 Å². The molecule has 5 heteroatoms. The first-order valence-corrected chi connectivity index (χ1v) is 10.7. The van der Waals surface area contributed by atoms with Crippen molar-refractivity contribution in [3.05, 3.63) is 53.6 Å². The van der Waals surface area contributed by atoms with E-state index in [1.165, 1.54) is 0 Å². The van der Waals surface area contributed by atoms with Crippen LogP contribution in [0, 0.1) is 0 Å². The van der Waals surface area contributed by atoms with Gasteiger partial charge in [0.2, 0.25) is 0 Å². The van der Waals surface area contributed by atoms with Crippen molar-refractivity contribution in [3.63, 3.8) is 0 Å². The molecule has 152 valence electrons. The molecule has 0 aliphatic carbocycles. The minimum atomic E-state index is -0.276. The van der Waals surface area contributed by atoms with Crippen LogP contribution in [0.3, 0.4) is 0 Å². The third-order valence-electron chi connectivity index (χ3n) is 4.88.